The smallest absolute Gasteiger partial charge is 0.267 e. The molecule has 3 N–H and O–H groups in total. The number of nitrogens with two attached hydrogens (primary N) is 1. The van der Waals surface area contributed by atoms with E-state index in [1.807, 2.05) is 39.1 Å². The molecule has 10 nitrogen and oxygen atoms in total. The van der Waals surface area contributed by atoms with Crippen LogP contribution in [-0.2, 0) is 7.05 Å². The van der Waals surface area contributed by atoms with Gasteiger partial charge in [0.05, 0.1) is 18.0 Å². The van der Waals surface area contributed by atoms with E-state index in [-0.39, 0.29) is 5.69 Å². The minimum absolute atomic E-state index is 0.214. The van der Waals surface area contributed by atoms with Crippen LogP contribution in [0.2, 0.25) is 0 Å². The van der Waals surface area contributed by atoms with Crippen molar-refractivity contribution in [1.29, 1.82) is 5.26 Å². The van der Waals surface area contributed by atoms with E-state index in [1.165, 1.54) is 0 Å². The molecule has 3 heterocycles. The molecule has 2 aromatic carbocycles. The number of hydrogen-bond donors (Lipinski definition) is 2. The molecule has 5 rings (SSSR count). The molecule has 3 aromatic heterocycles. The van der Waals surface area contributed by atoms with Gasteiger partial charge in [-0.3, -0.25) is 9.78 Å². The molecule has 0 radical (unpaired) electrons. The number of pyridine rings is 1. The predicted octanol–water partition coefficient (Wildman–Crippen LogP) is 4.55. The van der Waals surface area contributed by atoms with Crippen LogP contribution < -0.4 is 15.8 Å². The summed E-state index contributed by atoms with van der Waals surface area (Å²) in [5.41, 5.74) is 11.5. The van der Waals surface area contributed by atoms with Gasteiger partial charge in [-0.15, -0.1) is 0 Å². The van der Waals surface area contributed by atoms with Gasteiger partial charge in [0.15, 0.2) is 11.2 Å². The highest BCUT2D eigenvalue weighted by Gasteiger charge is 2.17. The van der Waals surface area contributed by atoms with Gasteiger partial charge < -0.3 is 20.4 Å². The van der Waals surface area contributed by atoms with E-state index in [1.54, 1.807) is 47.4 Å². The lowest BCUT2D eigenvalue weighted by Gasteiger charge is -2.15. The van der Waals surface area contributed by atoms with Gasteiger partial charge in [-0.2, -0.15) is 15.2 Å². The number of aromatic nitrogens is 5. The second kappa shape index (κ2) is 9.39. The highest BCUT2D eigenvalue weighted by molar-refractivity contribution is 5.91. The number of fused-ring (bicyclic) bond motifs is 1. The molecule has 0 unspecified atom stereocenters. The Morgan fingerprint density at radius 3 is 2.38 bits per heavy atom. The molecule has 0 aliphatic carbocycles. The summed E-state index contributed by atoms with van der Waals surface area (Å²) in [6.07, 6.45) is 3.28. The molecule has 0 fully saturated rings. The highest BCUT2D eigenvalue weighted by atomic mass is 16.5. The summed E-state index contributed by atoms with van der Waals surface area (Å²) in [5.74, 6) is 0.768. The lowest BCUT2D eigenvalue weighted by Crippen LogP contribution is -2.12. The molecule has 37 heavy (non-hydrogen) atoms. The number of amides is 1. The van der Waals surface area contributed by atoms with Crippen LogP contribution in [0.4, 0.5) is 11.6 Å². The van der Waals surface area contributed by atoms with Crippen molar-refractivity contribution in [2.45, 2.75) is 13.8 Å². The average Bonchev–Trinajstić information content (AvgIpc) is 3.27. The molecule has 1 amide bonds. The van der Waals surface area contributed by atoms with Gasteiger partial charge in [-0.1, -0.05) is 6.07 Å². The van der Waals surface area contributed by atoms with E-state index in [0.29, 0.717) is 34.3 Å². The maximum Gasteiger partial charge on any atom is 0.267 e. The number of carbonyl (C=O) groups is 1. The topological polar surface area (TPSA) is 145 Å². The van der Waals surface area contributed by atoms with Crippen LogP contribution in [0.5, 0.6) is 11.6 Å². The Hall–Kier alpha value is -5.30. The van der Waals surface area contributed by atoms with Crippen molar-refractivity contribution in [2.24, 2.45) is 12.8 Å². The first-order valence-corrected chi connectivity index (χ1v) is 11.3. The molecule has 0 aliphatic rings. The van der Waals surface area contributed by atoms with Gasteiger partial charge in [0.25, 0.3) is 11.8 Å². The van der Waals surface area contributed by atoms with E-state index in [2.05, 4.69) is 31.3 Å². The third-order valence-electron chi connectivity index (χ3n) is 5.82. The quantitative estimate of drug-likeness (QED) is 0.353. The number of aryl methyl sites for hydroxylation is 3. The van der Waals surface area contributed by atoms with Crippen LogP contribution in [0.1, 0.15) is 27.2 Å². The predicted molar refractivity (Wildman–Crippen MR) is 138 cm³/mol. The summed E-state index contributed by atoms with van der Waals surface area (Å²) in [5, 5.41) is 12.2. The van der Waals surface area contributed by atoms with Crippen LogP contribution in [0.3, 0.4) is 0 Å². The van der Waals surface area contributed by atoms with Crippen molar-refractivity contribution in [3.05, 3.63) is 83.4 Å². The van der Waals surface area contributed by atoms with E-state index in [9.17, 15) is 4.79 Å². The number of hydrogen-bond acceptors (Lipinski definition) is 8. The van der Waals surface area contributed by atoms with Gasteiger partial charge >= 0.3 is 0 Å². The Morgan fingerprint density at radius 2 is 1.76 bits per heavy atom. The van der Waals surface area contributed by atoms with E-state index >= 15 is 0 Å². The molecular weight excluding hydrogens is 468 g/mol. The fourth-order valence-corrected chi connectivity index (χ4v) is 3.99. The first-order chi connectivity index (χ1) is 17.8. The van der Waals surface area contributed by atoms with Crippen LogP contribution in [0.25, 0.3) is 22.3 Å². The number of anilines is 2. The third kappa shape index (κ3) is 4.66. The first kappa shape index (κ1) is 23.4. The van der Waals surface area contributed by atoms with Crippen LogP contribution in [-0.4, -0.2) is 30.4 Å². The van der Waals surface area contributed by atoms with Crippen molar-refractivity contribution in [3.8, 4) is 28.8 Å². The van der Waals surface area contributed by atoms with Crippen LogP contribution in [0.15, 0.2) is 61.1 Å². The maximum atomic E-state index is 11.3. The van der Waals surface area contributed by atoms with Crippen molar-refractivity contribution >= 4 is 28.7 Å². The second-order valence-corrected chi connectivity index (χ2v) is 8.53. The minimum Gasteiger partial charge on any atom is -0.436 e. The molecule has 182 valence electrons. The number of ether oxygens (including phenoxy) is 1. The molecule has 5 aromatic rings. The molecule has 10 heteroatoms. The van der Waals surface area contributed by atoms with Crippen molar-refractivity contribution in [1.82, 2.24) is 24.5 Å². The number of rotatable bonds is 6. The SMILES string of the molecule is Cc1cc(-c2ccc(C(N)=O)nc2)cc(C)c1Oc1nc(Nc2ccc(C#N)cc2)nc2ncn(C)c12. The van der Waals surface area contributed by atoms with Crippen LogP contribution in [0, 0.1) is 25.2 Å². The van der Waals surface area contributed by atoms with Crippen molar-refractivity contribution in [2.75, 3.05) is 5.32 Å². The summed E-state index contributed by atoms with van der Waals surface area (Å²) >= 11 is 0. The fraction of sp³-hybridized carbons (Fsp3) is 0.111. The van der Waals surface area contributed by atoms with Gasteiger partial charge in [0.2, 0.25) is 5.95 Å². The number of nitriles is 1. The van der Waals surface area contributed by atoms with Crippen molar-refractivity contribution < 1.29 is 9.53 Å². The zero-order valence-electron chi connectivity index (χ0n) is 20.4. The van der Waals surface area contributed by atoms with Gasteiger partial charge in [-0.25, -0.2) is 4.98 Å². The zero-order chi connectivity index (χ0) is 26.1. The highest BCUT2D eigenvalue weighted by Crippen LogP contribution is 2.35. The summed E-state index contributed by atoms with van der Waals surface area (Å²) in [7, 11) is 1.85. The third-order valence-corrected chi connectivity index (χ3v) is 5.82. The molecule has 0 saturated heterocycles. The Bertz CT molecular complexity index is 1660. The maximum absolute atomic E-state index is 11.3. The molecule has 0 saturated carbocycles. The summed E-state index contributed by atoms with van der Waals surface area (Å²) in [6.45, 7) is 3.91. The van der Waals surface area contributed by atoms with Gasteiger partial charge in [0.1, 0.15) is 11.4 Å². The summed E-state index contributed by atoms with van der Waals surface area (Å²) < 4.78 is 8.18. The van der Waals surface area contributed by atoms with Gasteiger partial charge in [0, 0.05) is 24.5 Å². The fourth-order valence-electron chi connectivity index (χ4n) is 3.99. The molecular formula is C27H22N8O2. The van der Waals surface area contributed by atoms with Crippen molar-refractivity contribution in [3.63, 3.8) is 0 Å². The Morgan fingerprint density at radius 1 is 1.03 bits per heavy atom. The number of nitrogens with one attached hydrogen (secondary N) is 1. The first-order valence-electron chi connectivity index (χ1n) is 11.3. The lowest BCUT2D eigenvalue weighted by molar-refractivity contribution is 0.0995. The molecule has 0 spiro atoms. The van der Waals surface area contributed by atoms with E-state index in [0.717, 1.165) is 27.9 Å². The second-order valence-electron chi connectivity index (χ2n) is 8.53. The Labute approximate surface area is 212 Å². The van der Waals surface area contributed by atoms with E-state index < -0.39 is 5.91 Å². The standard InChI is InChI=1S/C27H22N8O2/c1-15-10-19(18-6-9-21(24(29)36)30-13-18)11-16(2)23(15)37-26-22-25(31-14-35(22)3)33-27(34-26)32-20-7-4-17(12-28)5-8-20/h4-11,13-14H,1-3H3,(H2,29,36)(H,32,33,34). The normalized spacial score (nSPS) is 10.8. The largest absolute Gasteiger partial charge is 0.436 e. The molecule has 0 atom stereocenters. The van der Waals surface area contributed by atoms with E-state index in [4.69, 9.17) is 15.7 Å². The number of imidazole rings is 1. The lowest BCUT2D eigenvalue weighted by atomic mass is 10.0. The minimum atomic E-state index is -0.568. The average molecular weight is 491 g/mol. The Balaban J connectivity index is 1.50. The number of nitrogens with zero attached hydrogens (tertiary/aromatic N) is 6. The molecule has 0 aliphatic heterocycles. The zero-order valence-corrected chi connectivity index (χ0v) is 20.4. The Kier molecular flexibility index (Phi) is 5.95. The van der Waals surface area contributed by atoms with Gasteiger partial charge in [-0.05, 0) is 73.0 Å². The monoisotopic (exact) mass is 490 g/mol. The number of primary amides is 1. The molecule has 0 bridgehead atoms. The number of carbonyl (C=O) groups excluding carboxylic acids is 1. The summed E-state index contributed by atoms with van der Waals surface area (Å²) in [4.78, 5) is 29.0. The number of benzene rings is 2. The summed E-state index contributed by atoms with van der Waals surface area (Å²) in [6, 6.07) is 16.5. The van der Waals surface area contributed by atoms with Crippen LogP contribution >= 0.6 is 0 Å².